The number of nitrogens with one attached hydrogen (secondary N) is 1. The molecule has 0 radical (unpaired) electrons. The van der Waals surface area contributed by atoms with Crippen molar-refractivity contribution in [2.24, 2.45) is 0 Å². The highest BCUT2D eigenvalue weighted by atomic mass is 16.2. The second-order valence-corrected chi connectivity index (χ2v) is 4.74. The predicted octanol–water partition coefficient (Wildman–Crippen LogP) is 2.11. The number of fused-ring (bicyclic) bond motifs is 1. The standard InChI is InChI=1S/C15H16N4O/c1-16-14-9-8-12(17-18-14)15(20)19-10-4-6-11-5-2-3-7-13(11)19/h2-3,5,7-9H,4,6,10H2,1H3,(H,16,18). The van der Waals surface area contributed by atoms with Crippen molar-refractivity contribution in [3.05, 3.63) is 47.7 Å². The first-order valence-electron chi connectivity index (χ1n) is 6.71. The van der Waals surface area contributed by atoms with Crippen molar-refractivity contribution in [1.82, 2.24) is 10.2 Å². The van der Waals surface area contributed by atoms with Crippen molar-refractivity contribution >= 4 is 17.4 Å². The van der Waals surface area contributed by atoms with Gasteiger partial charge in [0.15, 0.2) is 5.69 Å². The number of para-hydroxylation sites is 1. The molecule has 0 fully saturated rings. The van der Waals surface area contributed by atoms with E-state index in [2.05, 4.69) is 21.6 Å². The van der Waals surface area contributed by atoms with Crippen LogP contribution in [0.25, 0.3) is 0 Å². The molecule has 1 aliphatic rings. The molecule has 5 nitrogen and oxygen atoms in total. The Morgan fingerprint density at radius 3 is 2.80 bits per heavy atom. The Kier molecular flexibility index (Phi) is 3.33. The fourth-order valence-electron chi connectivity index (χ4n) is 2.46. The maximum absolute atomic E-state index is 12.6. The fraction of sp³-hybridized carbons (Fsp3) is 0.267. The van der Waals surface area contributed by atoms with Crippen molar-refractivity contribution in [3.63, 3.8) is 0 Å². The number of aromatic nitrogens is 2. The maximum Gasteiger partial charge on any atom is 0.278 e. The van der Waals surface area contributed by atoms with Crippen LogP contribution in [-0.4, -0.2) is 29.7 Å². The molecule has 0 aliphatic carbocycles. The van der Waals surface area contributed by atoms with Gasteiger partial charge in [0.25, 0.3) is 5.91 Å². The number of benzene rings is 1. The molecule has 0 saturated heterocycles. The summed E-state index contributed by atoms with van der Waals surface area (Å²) in [6.07, 6.45) is 2.00. The van der Waals surface area contributed by atoms with Crippen molar-refractivity contribution in [1.29, 1.82) is 0 Å². The first-order valence-corrected chi connectivity index (χ1v) is 6.71. The van der Waals surface area contributed by atoms with Gasteiger partial charge in [0.05, 0.1) is 0 Å². The van der Waals surface area contributed by atoms with E-state index < -0.39 is 0 Å². The fourth-order valence-corrected chi connectivity index (χ4v) is 2.46. The van der Waals surface area contributed by atoms with Crippen LogP contribution in [0.15, 0.2) is 36.4 Å². The maximum atomic E-state index is 12.6. The van der Waals surface area contributed by atoms with Gasteiger partial charge in [-0.2, -0.15) is 0 Å². The van der Waals surface area contributed by atoms with E-state index in [0.29, 0.717) is 11.5 Å². The van der Waals surface area contributed by atoms with Gasteiger partial charge in [-0.05, 0) is 36.6 Å². The third kappa shape index (κ3) is 2.22. The van der Waals surface area contributed by atoms with Gasteiger partial charge >= 0.3 is 0 Å². The summed E-state index contributed by atoms with van der Waals surface area (Å²) in [5, 5.41) is 10.8. The molecule has 1 aliphatic heterocycles. The minimum Gasteiger partial charge on any atom is -0.372 e. The van der Waals surface area contributed by atoms with Crippen LogP contribution in [0.4, 0.5) is 11.5 Å². The summed E-state index contributed by atoms with van der Waals surface area (Å²) in [5.41, 5.74) is 2.58. The van der Waals surface area contributed by atoms with Crippen molar-refractivity contribution in [3.8, 4) is 0 Å². The van der Waals surface area contributed by atoms with Crippen LogP contribution in [0.3, 0.4) is 0 Å². The molecule has 1 N–H and O–H groups in total. The van der Waals surface area contributed by atoms with Crippen LogP contribution < -0.4 is 10.2 Å². The minimum atomic E-state index is -0.0905. The summed E-state index contributed by atoms with van der Waals surface area (Å²) in [5.74, 6) is 0.563. The molecule has 0 saturated carbocycles. The average molecular weight is 268 g/mol. The van der Waals surface area contributed by atoms with E-state index in [4.69, 9.17) is 0 Å². The third-order valence-electron chi connectivity index (χ3n) is 3.50. The molecule has 0 spiro atoms. The molecule has 0 unspecified atom stereocenters. The topological polar surface area (TPSA) is 58.1 Å². The number of rotatable bonds is 2. The van der Waals surface area contributed by atoms with Gasteiger partial charge in [0.2, 0.25) is 0 Å². The lowest BCUT2D eigenvalue weighted by molar-refractivity contribution is 0.0979. The van der Waals surface area contributed by atoms with Crippen molar-refractivity contribution in [2.75, 3.05) is 23.8 Å². The van der Waals surface area contributed by atoms with Gasteiger partial charge in [-0.25, -0.2) is 0 Å². The molecule has 2 heterocycles. The number of nitrogens with zero attached hydrogens (tertiary/aromatic N) is 3. The summed E-state index contributed by atoms with van der Waals surface area (Å²) in [4.78, 5) is 14.4. The normalized spacial score (nSPS) is 13.8. The quantitative estimate of drug-likeness (QED) is 0.906. The van der Waals surface area contributed by atoms with Crippen molar-refractivity contribution < 1.29 is 4.79 Å². The number of amides is 1. The molecule has 0 bridgehead atoms. The highest BCUT2D eigenvalue weighted by molar-refractivity contribution is 6.05. The van der Waals surface area contributed by atoms with Crippen LogP contribution >= 0.6 is 0 Å². The number of hydrogen-bond acceptors (Lipinski definition) is 4. The summed E-state index contributed by atoms with van der Waals surface area (Å²) in [7, 11) is 1.77. The Morgan fingerprint density at radius 2 is 2.05 bits per heavy atom. The van der Waals surface area contributed by atoms with E-state index in [0.717, 1.165) is 25.1 Å². The zero-order valence-corrected chi connectivity index (χ0v) is 11.3. The van der Waals surface area contributed by atoms with E-state index in [9.17, 15) is 4.79 Å². The number of hydrogen-bond donors (Lipinski definition) is 1. The highest BCUT2D eigenvalue weighted by Crippen LogP contribution is 2.27. The molecule has 102 valence electrons. The molecule has 3 rings (SSSR count). The second kappa shape index (κ2) is 5.28. The van der Waals surface area contributed by atoms with E-state index in [1.54, 1.807) is 24.1 Å². The monoisotopic (exact) mass is 268 g/mol. The first-order chi connectivity index (χ1) is 9.79. The smallest absolute Gasteiger partial charge is 0.278 e. The van der Waals surface area contributed by atoms with Gasteiger partial charge in [0, 0.05) is 19.3 Å². The largest absolute Gasteiger partial charge is 0.372 e. The lowest BCUT2D eigenvalue weighted by Crippen LogP contribution is -2.36. The van der Waals surface area contributed by atoms with E-state index in [1.165, 1.54) is 5.56 Å². The predicted molar refractivity (Wildman–Crippen MR) is 78.0 cm³/mol. The molecule has 1 amide bonds. The molecular formula is C15H16N4O. The van der Waals surface area contributed by atoms with Crippen LogP contribution in [0.2, 0.25) is 0 Å². The molecule has 0 atom stereocenters. The summed E-state index contributed by atoms with van der Waals surface area (Å²) < 4.78 is 0. The molecular weight excluding hydrogens is 252 g/mol. The lowest BCUT2D eigenvalue weighted by Gasteiger charge is -2.29. The Hall–Kier alpha value is -2.43. The number of aryl methyl sites for hydroxylation is 1. The molecule has 2 aromatic rings. The van der Waals surface area contributed by atoms with Gasteiger partial charge in [-0.1, -0.05) is 18.2 Å². The third-order valence-corrected chi connectivity index (χ3v) is 3.50. The van der Waals surface area contributed by atoms with Gasteiger partial charge in [-0.3, -0.25) is 4.79 Å². The lowest BCUT2D eigenvalue weighted by atomic mass is 10.0. The Morgan fingerprint density at radius 1 is 1.20 bits per heavy atom. The molecule has 1 aromatic heterocycles. The summed E-state index contributed by atoms with van der Waals surface area (Å²) in [6.45, 7) is 0.727. The van der Waals surface area contributed by atoms with Crippen LogP contribution in [-0.2, 0) is 6.42 Å². The second-order valence-electron chi connectivity index (χ2n) is 4.74. The Balaban J connectivity index is 1.91. The number of anilines is 2. The average Bonchev–Trinajstić information content (AvgIpc) is 2.54. The van der Waals surface area contributed by atoms with Crippen LogP contribution in [0.1, 0.15) is 22.5 Å². The summed E-state index contributed by atoms with van der Waals surface area (Å²) >= 11 is 0. The van der Waals surface area contributed by atoms with Crippen LogP contribution in [0.5, 0.6) is 0 Å². The van der Waals surface area contributed by atoms with Crippen LogP contribution in [0, 0.1) is 0 Å². The van der Waals surface area contributed by atoms with E-state index in [1.807, 2.05) is 18.2 Å². The van der Waals surface area contributed by atoms with Gasteiger partial charge < -0.3 is 10.2 Å². The van der Waals surface area contributed by atoms with Gasteiger partial charge in [0.1, 0.15) is 5.82 Å². The molecule has 1 aromatic carbocycles. The number of carbonyl (C=O) groups excluding carboxylic acids is 1. The Labute approximate surface area is 117 Å². The first kappa shape index (κ1) is 12.6. The minimum absolute atomic E-state index is 0.0905. The van der Waals surface area contributed by atoms with E-state index >= 15 is 0 Å². The molecule has 5 heteroatoms. The van der Waals surface area contributed by atoms with Crippen molar-refractivity contribution in [2.45, 2.75) is 12.8 Å². The Bertz CT molecular complexity index is 624. The zero-order chi connectivity index (χ0) is 13.9. The zero-order valence-electron chi connectivity index (χ0n) is 11.3. The SMILES string of the molecule is CNc1ccc(C(=O)N2CCCc3ccccc32)nn1. The van der Waals surface area contributed by atoms with Gasteiger partial charge in [-0.15, -0.1) is 10.2 Å². The number of carbonyl (C=O) groups is 1. The highest BCUT2D eigenvalue weighted by Gasteiger charge is 2.24. The molecule has 20 heavy (non-hydrogen) atoms. The van der Waals surface area contributed by atoms with E-state index in [-0.39, 0.29) is 5.91 Å². The summed E-state index contributed by atoms with van der Waals surface area (Å²) in [6, 6.07) is 11.5.